The van der Waals surface area contributed by atoms with Crippen LogP contribution >= 0.6 is 0 Å². The number of ether oxygens (including phenoxy) is 1. The molecule has 4 heteroatoms. The quantitative estimate of drug-likeness (QED) is 0.515. The fourth-order valence-corrected chi connectivity index (χ4v) is 3.22. The molecule has 1 N–H and O–H groups in total. The molecule has 1 unspecified atom stereocenters. The van der Waals surface area contributed by atoms with Crippen LogP contribution in [0.4, 0.5) is 0 Å². The van der Waals surface area contributed by atoms with E-state index in [1.165, 1.54) is 0 Å². The van der Waals surface area contributed by atoms with Crippen LogP contribution < -0.4 is 4.74 Å². The number of aliphatic hydroxyl groups excluding tert-OH is 1. The van der Waals surface area contributed by atoms with Gasteiger partial charge in [-0.1, -0.05) is 78.9 Å². The molecule has 1 aromatic heterocycles. The van der Waals surface area contributed by atoms with Crippen LogP contribution in [0.15, 0.2) is 97.3 Å². The number of para-hydroxylation sites is 1. The average Bonchev–Trinajstić information content (AvgIpc) is 3.17. The lowest BCUT2D eigenvalue weighted by atomic mass is 10.0. The van der Waals surface area contributed by atoms with E-state index in [4.69, 9.17) is 4.74 Å². The maximum absolute atomic E-state index is 10.5. The molecule has 0 aliphatic carbocycles. The number of nitrogens with zero attached hydrogens (tertiary/aromatic N) is 2. The van der Waals surface area contributed by atoms with Gasteiger partial charge in [-0.15, -0.1) is 0 Å². The molecule has 1 atom stereocenters. The van der Waals surface area contributed by atoms with E-state index in [0.717, 1.165) is 28.3 Å². The monoisotopic (exact) mass is 370 g/mol. The summed E-state index contributed by atoms with van der Waals surface area (Å²) in [6.07, 6.45) is 1.14. The van der Waals surface area contributed by atoms with Gasteiger partial charge in [-0.3, -0.25) is 0 Å². The SMILES string of the molecule is OC(COc1ccccc1)Cn1cnc(-c2ccccc2)c1-c1ccccc1. The number of rotatable bonds is 7. The summed E-state index contributed by atoms with van der Waals surface area (Å²) < 4.78 is 7.69. The van der Waals surface area contributed by atoms with Gasteiger partial charge in [0.05, 0.1) is 24.3 Å². The summed E-state index contributed by atoms with van der Waals surface area (Å²) in [4.78, 5) is 4.65. The summed E-state index contributed by atoms with van der Waals surface area (Å²) in [5, 5.41) is 10.5. The predicted octanol–water partition coefficient (Wildman–Crippen LogP) is 4.66. The largest absolute Gasteiger partial charge is 0.491 e. The summed E-state index contributed by atoms with van der Waals surface area (Å²) in [5.41, 5.74) is 4.01. The van der Waals surface area contributed by atoms with E-state index in [1.807, 2.05) is 83.4 Å². The molecule has 4 nitrogen and oxygen atoms in total. The van der Waals surface area contributed by atoms with Crippen LogP contribution in [-0.4, -0.2) is 27.4 Å². The van der Waals surface area contributed by atoms with Gasteiger partial charge in [-0.2, -0.15) is 0 Å². The van der Waals surface area contributed by atoms with Gasteiger partial charge in [-0.05, 0) is 12.1 Å². The standard InChI is InChI=1S/C24H22N2O2/c27-21(17-28-22-14-8-3-9-15-22)16-26-18-25-23(19-10-4-1-5-11-19)24(26)20-12-6-2-7-13-20/h1-15,18,21,27H,16-17H2. The number of hydrogen-bond acceptors (Lipinski definition) is 3. The summed E-state index contributed by atoms with van der Waals surface area (Å²) in [7, 11) is 0. The van der Waals surface area contributed by atoms with Gasteiger partial charge >= 0.3 is 0 Å². The Morgan fingerprint density at radius 1 is 0.786 bits per heavy atom. The molecule has 0 aliphatic rings. The van der Waals surface area contributed by atoms with Gasteiger partial charge in [0.15, 0.2) is 0 Å². The minimum atomic E-state index is -0.652. The topological polar surface area (TPSA) is 47.3 Å². The third-order valence-corrected chi connectivity index (χ3v) is 4.53. The van der Waals surface area contributed by atoms with Crippen molar-refractivity contribution in [2.75, 3.05) is 6.61 Å². The number of benzene rings is 3. The molecule has 0 saturated heterocycles. The Morgan fingerprint density at radius 2 is 1.36 bits per heavy atom. The molecule has 0 spiro atoms. The molecule has 0 amide bonds. The molecule has 0 bridgehead atoms. The summed E-state index contributed by atoms with van der Waals surface area (Å²) in [6, 6.07) is 29.8. The second kappa shape index (κ2) is 8.55. The average molecular weight is 370 g/mol. The van der Waals surface area contributed by atoms with E-state index in [9.17, 15) is 5.11 Å². The van der Waals surface area contributed by atoms with E-state index >= 15 is 0 Å². The highest BCUT2D eigenvalue weighted by molar-refractivity contribution is 5.78. The minimum absolute atomic E-state index is 0.219. The molecule has 0 fully saturated rings. The minimum Gasteiger partial charge on any atom is -0.491 e. The van der Waals surface area contributed by atoms with Gasteiger partial charge in [0.25, 0.3) is 0 Å². The van der Waals surface area contributed by atoms with Crippen molar-refractivity contribution in [3.05, 3.63) is 97.3 Å². The lowest BCUT2D eigenvalue weighted by Gasteiger charge is -2.16. The second-order valence-corrected chi connectivity index (χ2v) is 6.60. The zero-order chi connectivity index (χ0) is 19.2. The highest BCUT2D eigenvalue weighted by Gasteiger charge is 2.17. The van der Waals surface area contributed by atoms with Crippen LogP contribution in [0.2, 0.25) is 0 Å². The van der Waals surface area contributed by atoms with Crippen molar-refractivity contribution >= 4 is 0 Å². The predicted molar refractivity (Wildman–Crippen MR) is 111 cm³/mol. The Balaban J connectivity index is 1.59. The third kappa shape index (κ3) is 4.13. The Morgan fingerprint density at radius 3 is 2.00 bits per heavy atom. The smallest absolute Gasteiger partial charge is 0.119 e. The van der Waals surface area contributed by atoms with E-state index in [2.05, 4.69) is 17.1 Å². The Kier molecular flexibility index (Phi) is 5.50. The van der Waals surface area contributed by atoms with Crippen molar-refractivity contribution in [3.8, 4) is 28.3 Å². The molecule has 28 heavy (non-hydrogen) atoms. The van der Waals surface area contributed by atoms with E-state index in [-0.39, 0.29) is 6.61 Å². The van der Waals surface area contributed by atoms with Gasteiger partial charge < -0.3 is 14.4 Å². The third-order valence-electron chi connectivity index (χ3n) is 4.53. The van der Waals surface area contributed by atoms with Crippen LogP contribution in [0.3, 0.4) is 0 Å². The summed E-state index contributed by atoms with van der Waals surface area (Å²) in [5.74, 6) is 0.750. The van der Waals surface area contributed by atoms with Crippen LogP contribution in [0.1, 0.15) is 0 Å². The molecule has 0 aliphatic heterocycles. The first kappa shape index (κ1) is 18.0. The van der Waals surface area contributed by atoms with E-state index in [1.54, 1.807) is 6.33 Å². The molecular formula is C24H22N2O2. The number of aromatic nitrogens is 2. The molecular weight excluding hydrogens is 348 g/mol. The molecule has 1 heterocycles. The molecule has 0 radical (unpaired) electrons. The Labute approximate surface area is 164 Å². The van der Waals surface area contributed by atoms with Gasteiger partial charge in [-0.25, -0.2) is 4.98 Å². The number of hydrogen-bond donors (Lipinski definition) is 1. The fraction of sp³-hybridized carbons (Fsp3) is 0.125. The van der Waals surface area contributed by atoms with Crippen LogP contribution in [-0.2, 0) is 6.54 Å². The molecule has 0 saturated carbocycles. The lowest BCUT2D eigenvalue weighted by molar-refractivity contribution is 0.0928. The Bertz CT molecular complexity index is 999. The van der Waals surface area contributed by atoms with Crippen LogP contribution in [0.25, 0.3) is 22.5 Å². The zero-order valence-electron chi connectivity index (χ0n) is 15.5. The van der Waals surface area contributed by atoms with Crippen LogP contribution in [0, 0.1) is 0 Å². The normalized spacial score (nSPS) is 11.9. The fourth-order valence-electron chi connectivity index (χ4n) is 3.22. The summed E-state index contributed by atoms with van der Waals surface area (Å²) in [6.45, 7) is 0.619. The van der Waals surface area contributed by atoms with Crippen molar-refractivity contribution in [2.45, 2.75) is 12.6 Å². The highest BCUT2D eigenvalue weighted by atomic mass is 16.5. The van der Waals surface area contributed by atoms with Crippen molar-refractivity contribution in [2.24, 2.45) is 0 Å². The lowest BCUT2D eigenvalue weighted by Crippen LogP contribution is -2.23. The summed E-state index contributed by atoms with van der Waals surface area (Å²) >= 11 is 0. The highest BCUT2D eigenvalue weighted by Crippen LogP contribution is 2.31. The molecule has 4 aromatic rings. The van der Waals surface area contributed by atoms with Crippen LogP contribution in [0.5, 0.6) is 5.75 Å². The van der Waals surface area contributed by atoms with Crippen molar-refractivity contribution < 1.29 is 9.84 Å². The molecule has 4 rings (SSSR count). The van der Waals surface area contributed by atoms with E-state index < -0.39 is 6.10 Å². The maximum Gasteiger partial charge on any atom is 0.119 e. The first-order valence-corrected chi connectivity index (χ1v) is 9.33. The first-order chi connectivity index (χ1) is 13.8. The van der Waals surface area contributed by atoms with Crippen molar-refractivity contribution in [1.29, 1.82) is 0 Å². The van der Waals surface area contributed by atoms with Crippen molar-refractivity contribution in [3.63, 3.8) is 0 Å². The Hall–Kier alpha value is -3.37. The second-order valence-electron chi connectivity index (χ2n) is 6.60. The van der Waals surface area contributed by atoms with E-state index in [0.29, 0.717) is 6.54 Å². The number of aliphatic hydroxyl groups is 1. The van der Waals surface area contributed by atoms with Crippen molar-refractivity contribution in [1.82, 2.24) is 9.55 Å². The van der Waals surface area contributed by atoms with Gasteiger partial charge in [0, 0.05) is 11.1 Å². The first-order valence-electron chi connectivity index (χ1n) is 9.33. The molecule has 140 valence electrons. The van der Waals surface area contributed by atoms with Gasteiger partial charge in [0.2, 0.25) is 0 Å². The molecule has 3 aromatic carbocycles. The number of imidazole rings is 1. The maximum atomic E-state index is 10.5. The van der Waals surface area contributed by atoms with Gasteiger partial charge in [0.1, 0.15) is 18.5 Å². The zero-order valence-corrected chi connectivity index (χ0v) is 15.5.